The van der Waals surface area contributed by atoms with Crippen molar-refractivity contribution in [1.29, 1.82) is 0 Å². The summed E-state index contributed by atoms with van der Waals surface area (Å²) in [4.78, 5) is 2.24. The Morgan fingerprint density at radius 2 is 1.86 bits per heavy atom. The number of β-amino-alcohol motifs (C(OH)–C–C–N with tert-alkyl or cyclic N) is 1. The van der Waals surface area contributed by atoms with Crippen molar-refractivity contribution >= 4 is 0 Å². The van der Waals surface area contributed by atoms with Gasteiger partial charge in [0, 0.05) is 19.6 Å². The van der Waals surface area contributed by atoms with E-state index in [-0.39, 0.29) is 0 Å². The zero-order valence-electron chi connectivity index (χ0n) is 9.58. The first-order valence-corrected chi connectivity index (χ1v) is 5.52. The molecule has 3 nitrogen and oxygen atoms in total. The summed E-state index contributed by atoms with van der Waals surface area (Å²) in [6.07, 6.45) is 2.40. The largest absolute Gasteiger partial charge is 0.390 e. The van der Waals surface area contributed by atoms with Gasteiger partial charge in [0.2, 0.25) is 0 Å². The number of hydrogen-bond acceptors (Lipinski definition) is 3. The first-order chi connectivity index (χ1) is 6.35. The fourth-order valence-corrected chi connectivity index (χ4v) is 1.79. The Hall–Kier alpha value is -0.120. The highest BCUT2D eigenvalue weighted by Crippen LogP contribution is 2.22. The molecule has 3 heteroatoms. The molecule has 1 fully saturated rings. The molecule has 0 saturated carbocycles. The van der Waals surface area contributed by atoms with Crippen LogP contribution in [0.15, 0.2) is 0 Å². The van der Waals surface area contributed by atoms with Gasteiger partial charge in [-0.25, -0.2) is 0 Å². The van der Waals surface area contributed by atoms with Gasteiger partial charge in [0.15, 0.2) is 0 Å². The van der Waals surface area contributed by atoms with Gasteiger partial charge in [-0.05, 0) is 33.1 Å². The Kier molecular flexibility index (Phi) is 3.56. The van der Waals surface area contributed by atoms with Gasteiger partial charge in [-0.1, -0.05) is 6.92 Å². The van der Waals surface area contributed by atoms with Crippen LogP contribution >= 0.6 is 0 Å². The second kappa shape index (κ2) is 4.17. The maximum Gasteiger partial charge on any atom is 0.0743 e. The standard InChI is InChI=1S/C11H23NO2/c1-4-10(2,13)9-12-7-5-11(3,14)6-8-12/h13-14H,4-9H2,1-3H3. The Balaban J connectivity index is 2.36. The van der Waals surface area contributed by atoms with Gasteiger partial charge in [-0.3, -0.25) is 0 Å². The Morgan fingerprint density at radius 1 is 1.36 bits per heavy atom. The molecule has 14 heavy (non-hydrogen) atoms. The SMILES string of the molecule is CCC(C)(O)CN1CCC(C)(O)CC1. The van der Waals surface area contributed by atoms with E-state index in [1.807, 2.05) is 20.8 Å². The van der Waals surface area contributed by atoms with Crippen molar-refractivity contribution in [3.05, 3.63) is 0 Å². The molecule has 1 rings (SSSR count). The molecule has 0 radical (unpaired) electrons. The van der Waals surface area contributed by atoms with E-state index in [9.17, 15) is 10.2 Å². The first kappa shape index (κ1) is 12.0. The first-order valence-electron chi connectivity index (χ1n) is 5.52. The summed E-state index contributed by atoms with van der Waals surface area (Å²) in [7, 11) is 0. The zero-order valence-corrected chi connectivity index (χ0v) is 9.58. The zero-order chi connectivity index (χ0) is 10.8. The van der Waals surface area contributed by atoms with Crippen molar-refractivity contribution in [2.45, 2.75) is 51.2 Å². The molecular weight excluding hydrogens is 178 g/mol. The lowest BCUT2D eigenvalue weighted by atomic mass is 9.92. The lowest BCUT2D eigenvalue weighted by molar-refractivity contribution is -0.0375. The quantitative estimate of drug-likeness (QED) is 0.716. The monoisotopic (exact) mass is 201 g/mol. The Labute approximate surface area is 86.7 Å². The second-order valence-corrected chi connectivity index (χ2v) is 5.12. The molecule has 0 aromatic heterocycles. The van der Waals surface area contributed by atoms with Crippen molar-refractivity contribution in [2.24, 2.45) is 0 Å². The highest BCUT2D eigenvalue weighted by Gasteiger charge is 2.30. The summed E-state index contributed by atoms with van der Waals surface area (Å²) in [5, 5.41) is 19.7. The highest BCUT2D eigenvalue weighted by atomic mass is 16.3. The average Bonchev–Trinajstić information content (AvgIpc) is 2.09. The smallest absolute Gasteiger partial charge is 0.0743 e. The molecule has 1 atom stereocenters. The van der Waals surface area contributed by atoms with E-state index >= 15 is 0 Å². The molecule has 0 amide bonds. The van der Waals surface area contributed by atoms with Crippen LogP contribution in [0.5, 0.6) is 0 Å². The van der Waals surface area contributed by atoms with E-state index in [4.69, 9.17) is 0 Å². The minimum Gasteiger partial charge on any atom is -0.390 e. The molecule has 1 heterocycles. The fourth-order valence-electron chi connectivity index (χ4n) is 1.79. The lowest BCUT2D eigenvalue weighted by Gasteiger charge is -2.38. The van der Waals surface area contributed by atoms with Crippen molar-refractivity contribution in [3.63, 3.8) is 0 Å². The molecule has 0 spiro atoms. The number of rotatable bonds is 3. The number of likely N-dealkylation sites (tertiary alicyclic amines) is 1. The number of piperidine rings is 1. The van der Waals surface area contributed by atoms with Crippen LogP contribution in [0.2, 0.25) is 0 Å². The van der Waals surface area contributed by atoms with E-state index in [2.05, 4.69) is 4.90 Å². The van der Waals surface area contributed by atoms with Crippen LogP contribution in [0.3, 0.4) is 0 Å². The normalized spacial score (nSPS) is 27.2. The van der Waals surface area contributed by atoms with Crippen molar-refractivity contribution in [3.8, 4) is 0 Å². The maximum absolute atomic E-state index is 9.90. The minimum absolute atomic E-state index is 0.491. The number of nitrogens with zero attached hydrogens (tertiary/aromatic N) is 1. The summed E-state index contributed by atoms with van der Waals surface area (Å²) in [5.41, 5.74) is -1.07. The molecule has 0 aromatic rings. The molecule has 1 aliphatic heterocycles. The van der Waals surface area contributed by atoms with Crippen LogP contribution in [0.1, 0.15) is 40.0 Å². The molecule has 0 aromatic carbocycles. The van der Waals surface area contributed by atoms with Gasteiger partial charge in [-0.2, -0.15) is 0 Å². The summed E-state index contributed by atoms with van der Waals surface area (Å²) < 4.78 is 0. The number of aliphatic hydroxyl groups is 2. The second-order valence-electron chi connectivity index (χ2n) is 5.12. The Morgan fingerprint density at radius 3 is 2.29 bits per heavy atom. The molecular formula is C11H23NO2. The Bertz CT molecular complexity index is 180. The van der Waals surface area contributed by atoms with Crippen molar-refractivity contribution in [1.82, 2.24) is 4.90 Å². The molecule has 84 valence electrons. The van der Waals surface area contributed by atoms with E-state index in [0.29, 0.717) is 0 Å². The van der Waals surface area contributed by atoms with Gasteiger partial charge >= 0.3 is 0 Å². The summed E-state index contributed by atoms with van der Waals surface area (Å²) >= 11 is 0. The van der Waals surface area contributed by atoms with Crippen LogP contribution < -0.4 is 0 Å². The van der Waals surface area contributed by atoms with Gasteiger partial charge in [0.25, 0.3) is 0 Å². The maximum atomic E-state index is 9.90. The number of hydrogen-bond donors (Lipinski definition) is 2. The lowest BCUT2D eigenvalue weighted by Crippen LogP contribution is -2.48. The van der Waals surface area contributed by atoms with Crippen LogP contribution in [-0.4, -0.2) is 45.9 Å². The molecule has 2 N–H and O–H groups in total. The topological polar surface area (TPSA) is 43.7 Å². The van der Waals surface area contributed by atoms with Gasteiger partial charge in [0.05, 0.1) is 11.2 Å². The summed E-state index contributed by atoms with van der Waals surface area (Å²) in [6, 6.07) is 0. The van der Waals surface area contributed by atoms with Gasteiger partial charge in [0.1, 0.15) is 0 Å². The third kappa shape index (κ3) is 3.56. The highest BCUT2D eigenvalue weighted by molar-refractivity contribution is 4.85. The van der Waals surface area contributed by atoms with Crippen LogP contribution in [0, 0.1) is 0 Å². The fraction of sp³-hybridized carbons (Fsp3) is 1.00. The predicted molar refractivity (Wildman–Crippen MR) is 57.2 cm³/mol. The van der Waals surface area contributed by atoms with E-state index in [0.717, 1.165) is 38.9 Å². The third-order valence-corrected chi connectivity index (χ3v) is 3.26. The summed E-state index contributed by atoms with van der Waals surface area (Å²) in [5.74, 6) is 0. The molecule has 1 aliphatic rings. The van der Waals surface area contributed by atoms with E-state index < -0.39 is 11.2 Å². The van der Waals surface area contributed by atoms with Gasteiger partial charge < -0.3 is 15.1 Å². The molecule has 0 bridgehead atoms. The molecule has 0 aliphatic carbocycles. The van der Waals surface area contributed by atoms with Crippen LogP contribution in [-0.2, 0) is 0 Å². The van der Waals surface area contributed by atoms with E-state index in [1.165, 1.54) is 0 Å². The van der Waals surface area contributed by atoms with Gasteiger partial charge in [-0.15, -0.1) is 0 Å². The van der Waals surface area contributed by atoms with Crippen LogP contribution in [0.4, 0.5) is 0 Å². The molecule has 1 saturated heterocycles. The van der Waals surface area contributed by atoms with Crippen molar-refractivity contribution in [2.75, 3.05) is 19.6 Å². The third-order valence-electron chi connectivity index (χ3n) is 3.26. The average molecular weight is 201 g/mol. The molecule has 1 unspecified atom stereocenters. The predicted octanol–water partition coefficient (Wildman–Crippen LogP) is 0.994. The van der Waals surface area contributed by atoms with Crippen molar-refractivity contribution < 1.29 is 10.2 Å². The minimum atomic E-state index is -0.580. The summed E-state index contributed by atoms with van der Waals surface area (Å²) in [6.45, 7) is 8.27. The van der Waals surface area contributed by atoms with E-state index in [1.54, 1.807) is 0 Å². The van der Waals surface area contributed by atoms with Crippen LogP contribution in [0.25, 0.3) is 0 Å².